The highest BCUT2D eigenvalue weighted by molar-refractivity contribution is 5.94. The smallest absolute Gasteiger partial charge is 0.254 e. The van der Waals surface area contributed by atoms with Gasteiger partial charge in [0.25, 0.3) is 5.91 Å². The number of aromatic nitrogens is 3. The summed E-state index contributed by atoms with van der Waals surface area (Å²) in [5.41, 5.74) is 3.76. The summed E-state index contributed by atoms with van der Waals surface area (Å²) in [5.74, 6) is 1.05. The number of carbonyl (C=O) groups is 1. The number of hydrogen-bond donors (Lipinski definition) is 0. The van der Waals surface area contributed by atoms with E-state index in [9.17, 15) is 4.79 Å². The normalized spacial score (nSPS) is 16.8. The molecule has 3 heterocycles. The van der Waals surface area contributed by atoms with Crippen molar-refractivity contribution in [2.45, 2.75) is 25.8 Å². The molecule has 1 aromatic carbocycles. The SMILES string of the molecule is Cc1ncc(-c2cc([C@@H]3CCCN3C(=O)c3ccccc3)ccn2)n1C. The lowest BCUT2D eigenvalue weighted by molar-refractivity contribution is 0.0735. The van der Waals surface area contributed by atoms with Gasteiger partial charge in [-0.25, -0.2) is 4.98 Å². The molecular weight excluding hydrogens is 324 g/mol. The van der Waals surface area contributed by atoms with Gasteiger partial charge in [0.1, 0.15) is 5.82 Å². The first kappa shape index (κ1) is 16.5. The predicted octanol–water partition coefficient (Wildman–Crippen LogP) is 3.77. The van der Waals surface area contributed by atoms with E-state index in [-0.39, 0.29) is 11.9 Å². The molecule has 0 bridgehead atoms. The molecule has 1 fully saturated rings. The third kappa shape index (κ3) is 2.90. The molecule has 0 spiro atoms. The zero-order valence-electron chi connectivity index (χ0n) is 15.1. The van der Waals surface area contributed by atoms with E-state index in [1.165, 1.54) is 0 Å². The van der Waals surface area contributed by atoms with Gasteiger partial charge in [0.05, 0.1) is 23.6 Å². The van der Waals surface area contributed by atoms with Crippen LogP contribution < -0.4 is 0 Å². The summed E-state index contributed by atoms with van der Waals surface area (Å²) in [6.45, 7) is 2.77. The fourth-order valence-electron chi connectivity index (χ4n) is 3.64. The van der Waals surface area contributed by atoms with Crippen LogP contribution in [-0.4, -0.2) is 31.9 Å². The minimum atomic E-state index is 0.0961. The van der Waals surface area contributed by atoms with Crippen molar-refractivity contribution in [1.82, 2.24) is 19.4 Å². The first-order valence-electron chi connectivity index (χ1n) is 8.96. The van der Waals surface area contributed by atoms with Crippen molar-refractivity contribution in [2.75, 3.05) is 6.54 Å². The number of nitrogens with zero attached hydrogens (tertiary/aromatic N) is 4. The van der Waals surface area contributed by atoms with Crippen LogP contribution in [0.25, 0.3) is 11.4 Å². The van der Waals surface area contributed by atoms with E-state index >= 15 is 0 Å². The maximum atomic E-state index is 12.9. The Morgan fingerprint density at radius 2 is 1.96 bits per heavy atom. The summed E-state index contributed by atoms with van der Waals surface area (Å²) in [7, 11) is 1.99. The van der Waals surface area contributed by atoms with Crippen molar-refractivity contribution in [3.8, 4) is 11.4 Å². The van der Waals surface area contributed by atoms with Gasteiger partial charge in [-0.3, -0.25) is 9.78 Å². The van der Waals surface area contributed by atoms with E-state index in [1.807, 2.05) is 72.2 Å². The number of pyridine rings is 1. The molecule has 1 amide bonds. The predicted molar refractivity (Wildman–Crippen MR) is 101 cm³/mol. The topological polar surface area (TPSA) is 51.0 Å². The maximum Gasteiger partial charge on any atom is 0.254 e. The molecule has 1 aliphatic rings. The van der Waals surface area contributed by atoms with Gasteiger partial charge in [0.15, 0.2) is 0 Å². The lowest BCUT2D eigenvalue weighted by atomic mass is 10.0. The monoisotopic (exact) mass is 346 g/mol. The lowest BCUT2D eigenvalue weighted by Crippen LogP contribution is -2.30. The average molecular weight is 346 g/mol. The minimum absolute atomic E-state index is 0.0961. The number of imidazole rings is 1. The van der Waals surface area contributed by atoms with Crippen LogP contribution in [0.15, 0.2) is 54.9 Å². The van der Waals surface area contributed by atoms with Gasteiger partial charge in [-0.15, -0.1) is 0 Å². The summed E-state index contributed by atoms with van der Waals surface area (Å²) in [5, 5.41) is 0. The lowest BCUT2D eigenvalue weighted by Gasteiger charge is -2.25. The van der Waals surface area contributed by atoms with Crippen molar-refractivity contribution in [2.24, 2.45) is 7.05 Å². The molecule has 1 aliphatic heterocycles. The second-order valence-corrected chi connectivity index (χ2v) is 6.75. The second kappa shape index (κ2) is 6.75. The number of amides is 1. The van der Waals surface area contributed by atoms with Gasteiger partial charge in [0.2, 0.25) is 0 Å². The largest absolute Gasteiger partial charge is 0.332 e. The molecule has 26 heavy (non-hydrogen) atoms. The van der Waals surface area contributed by atoms with E-state index in [4.69, 9.17) is 0 Å². The Kier molecular flexibility index (Phi) is 4.29. The van der Waals surface area contributed by atoms with Crippen LogP contribution in [0.3, 0.4) is 0 Å². The van der Waals surface area contributed by atoms with Crippen molar-refractivity contribution < 1.29 is 4.79 Å². The number of aryl methyl sites for hydroxylation is 1. The van der Waals surface area contributed by atoms with Crippen molar-refractivity contribution in [3.05, 3.63) is 71.8 Å². The molecule has 3 aromatic rings. The molecule has 0 saturated carbocycles. The van der Waals surface area contributed by atoms with E-state index in [1.54, 1.807) is 0 Å². The van der Waals surface area contributed by atoms with Gasteiger partial charge in [-0.1, -0.05) is 18.2 Å². The van der Waals surface area contributed by atoms with Crippen molar-refractivity contribution in [1.29, 1.82) is 0 Å². The van der Waals surface area contributed by atoms with Crippen molar-refractivity contribution in [3.63, 3.8) is 0 Å². The molecule has 0 unspecified atom stereocenters. The molecule has 4 rings (SSSR count). The minimum Gasteiger partial charge on any atom is -0.332 e. The third-order valence-electron chi connectivity index (χ3n) is 5.19. The molecule has 1 atom stereocenters. The molecule has 1 saturated heterocycles. The fourth-order valence-corrected chi connectivity index (χ4v) is 3.64. The Hall–Kier alpha value is -2.95. The molecule has 132 valence electrons. The van der Waals surface area contributed by atoms with Gasteiger partial charge in [-0.05, 0) is 49.6 Å². The fraction of sp³-hybridized carbons (Fsp3) is 0.286. The Bertz CT molecular complexity index is 932. The number of rotatable bonds is 3. The van der Waals surface area contributed by atoms with Crippen molar-refractivity contribution >= 4 is 5.91 Å². The number of benzene rings is 1. The molecule has 0 aliphatic carbocycles. The summed E-state index contributed by atoms with van der Waals surface area (Å²) in [6.07, 6.45) is 5.68. The van der Waals surface area contributed by atoms with Crippen LogP contribution in [0.2, 0.25) is 0 Å². The zero-order chi connectivity index (χ0) is 18.1. The molecule has 5 nitrogen and oxygen atoms in total. The van der Waals surface area contributed by atoms with Gasteiger partial charge >= 0.3 is 0 Å². The highest BCUT2D eigenvalue weighted by Crippen LogP contribution is 2.34. The van der Waals surface area contributed by atoms with E-state index in [0.717, 1.165) is 47.7 Å². The van der Waals surface area contributed by atoms with Crippen LogP contribution in [0.1, 0.15) is 40.6 Å². The van der Waals surface area contributed by atoms with Crippen LogP contribution in [0.4, 0.5) is 0 Å². The Balaban J connectivity index is 1.65. The molecule has 5 heteroatoms. The third-order valence-corrected chi connectivity index (χ3v) is 5.19. The Morgan fingerprint density at radius 3 is 2.69 bits per heavy atom. The molecule has 2 aromatic heterocycles. The second-order valence-electron chi connectivity index (χ2n) is 6.75. The Labute approximate surface area is 153 Å². The molecule has 0 N–H and O–H groups in total. The van der Waals surface area contributed by atoms with Crippen LogP contribution in [-0.2, 0) is 7.05 Å². The highest BCUT2D eigenvalue weighted by Gasteiger charge is 2.30. The van der Waals surface area contributed by atoms with Gasteiger partial charge in [0, 0.05) is 25.4 Å². The molecular formula is C21H22N4O. The summed E-state index contributed by atoms with van der Waals surface area (Å²) < 4.78 is 2.04. The maximum absolute atomic E-state index is 12.9. The number of hydrogen-bond acceptors (Lipinski definition) is 3. The summed E-state index contributed by atoms with van der Waals surface area (Å²) in [4.78, 5) is 23.8. The highest BCUT2D eigenvalue weighted by atomic mass is 16.2. The number of carbonyl (C=O) groups excluding carboxylic acids is 1. The first-order valence-corrected chi connectivity index (χ1v) is 8.96. The number of likely N-dealkylation sites (tertiary alicyclic amines) is 1. The Morgan fingerprint density at radius 1 is 1.15 bits per heavy atom. The van der Waals surface area contributed by atoms with Crippen LogP contribution in [0.5, 0.6) is 0 Å². The summed E-state index contributed by atoms with van der Waals surface area (Å²) in [6, 6.07) is 13.7. The van der Waals surface area contributed by atoms with E-state index in [0.29, 0.717) is 0 Å². The standard InChI is InChI=1S/C21H22N4O/c1-15-23-14-20(24(15)2)18-13-17(10-11-22-18)19-9-6-12-25(19)21(26)16-7-4-3-5-8-16/h3-5,7-8,10-11,13-14,19H,6,9,12H2,1-2H3/t19-/m0/s1. The quantitative estimate of drug-likeness (QED) is 0.725. The van der Waals surface area contributed by atoms with Gasteiger partial charge in [-0.2, -0.15) is 0 Å². The van der Waals surface area contributed by atoms with E-state index < -0.39 is 0 Å². The molecule has 0 radical (unpaired) electrons. The zero-order valence-corrected chi connectivity index (χ0v) is 15.1. The average Bonchev–Trinajstić information content (AvgIpc) is 3.30. The van der Waals surface area contributed by atoms with Crippen LogP contribution >= 0.6 is 0 Å². The first-order chi connectivity index (χ1) is 12.6. The van der Waals surface area contributed by atoms with Gasteiger partial charge < -0.3 is 9.47 Å². The van der Waals surface area contributed by atoms with Crippen LogP contribution in [0, 0.1) is 6.92 Å². The van der Waals surface area contributed by atoms with E-state index in [2.05, 4.69) is 16.0 Å². The summed E-state index contributed by atoms with van der Waals surface area (Å²) >= 11 is 0.